The largest absolute Gasteiger partial charge is 0.481 e. The number of aryl methyl sites for hydroxylation is 1. The molecule has 1 amide bonds. The smallest absolute Gasteiger partial charge is 0.246 e. The Kier molecular flexibility index (Phi) is 7.76. The van der Waals surface area contributed by atoms with Gasteiger partial charge in [0.15, 0.2) is 0 Å². The van der Waals surface area contributed by atoms with Crippen molar-refractivity contribution in [3.63, 3.8) is 0 Å². The molecule has 0 saturated heterocycles. The number of carbonyl (C=O) groups excluding carboxylic acids is 1. The van der Waals surface area contributed by atoms with Gasteiger partial charge in [0.1, 0.15) is 28.5 Å². The topological polar surface area (TPSA) is 92.7 Å². The summed E-state index contributed by atoms with van der Waals surface area (Å²) in [6.07, 6.45) is 6.81. The molecule has 1 aromatic carbocycles. The van der Waals surface area contributed by atoms with E-state index in [1.165, 1.54) is 5.56 Å². The van der Waals surface area contributed by atoms with Gasteiger partial charge in [-0.25, -0.2) is 15.0 Å². The number of likely N-dealkylation sites (N-methyl/N-ethyl adjacent to an activating group) is 1. The van der Waals surface area contributed by atoms with Gasteiger partial charge in [-0.2, -0.15) is 0 Å². The maximum Gasteiger partial charge on any atom is 0.246 e. The highest BCUT2D eigenvalue weighted by atomic mass is 32.1. The van der Waals surface area contributed by atoms with E-state index in [0.29, 0.717) is 24.7 Å². The number of fused-ring (bicyclic) bond motifs is 3. The van der Waals surface area contributed by atoms with Gasteiger partial charge >= 0.3 is 0 Å². The number of rotatable bonds is 8. The third-order valence-corrected chi connectivity index (χ3v) is 7.65. The van der Waals surface area contributed by atoms with Gasteiger partial charge in [0.25, 0.3) is 0 Å². The van der Waals surface area contributed by atoms with Crippen molar-refractivity contribution < 1.29 is 14.3 Å². The van der Waals surface area contributed by atoms with Gasteiger partial charge in [0.05, 0.1) is 25.2 Å². The van der Waals surface area contributed by atoms with Crippen molar-refractivity contribution in [1.82, 2.24) is 24.8 Å². The Balaban J connectivity index is 1.36. The molecule has 1 aliphatic heterocycles. The number of thiophene rings is 1. The second-order valence-corrected chi connectivity index (χ2v) is 11.0. The van der Waals surface area contributed by atoms with Gasteiger partial charge in [-0.3, -0.25) is 4.79 Å². The predicted molar refractivity (Wildman–Crippen MR) is 154 cm³/mol. The molecule has 1 aliphatic rings. The number of aromatic nitrogens is 3. The summed E-state index contributed by atoms with van der Waals surface area (Å²) in [5.41, 5.74) is 3.10. The Morgan fingerprint density at radius 1 is 1.23 bits per heavy atom. The summed E-state index contributed by atoms with van der Waals surface area (Å²) in [5.74, 6) is 2.89. The van der Waals surface area contributed by atoms with E-state index in [1.54, 1.807) is 43.1 Å². The van der Waals surface area contributed by atoms with Crippen LogP contribution in [-0.2, 0) is 11.3 Å². The van der Waals surface area contributed by atoms with E-state index in [2.05, 4.69) is 27.2 Å². The molecule has 0 saturated carbocycles. The molecule has 0 aliphatic carbocycles. The Hall–Kier alpha value is -4.02. The second-order valence-electron chi connectivity index (χ2n) is 9.87. The predicted octanol–water partition coefficient (Wildman–Crippen LogP) is 5.50. The number of methoxy groups -OCH3 is 1. The lowest BCUT2D eigenvalue weighted by molar-refractivity contribution is -0.127. The third kappa shape index (κ3) is 5.86. The first-order valence-corrected chi connectivity index (χ1v) is 13.6. The molecule has 4 heterocycles. The highest BCUT2D eigenvalue weighted by molar-refractivity contribution is 7.19. The van der Waals surface area contributed by atoms with Crippen molar-refractivity contribution >= 4 is 39.0 Å². The number of pyridine rings is 1. The summed E-state index contributed by atoms with van der Waals surface area (Å²) < 4.78 is 11.1. The summed E-state index contributed by atoms with van der Waals surface area (Å²) in [4.78, 5) is 32.2. The molecule has 3 aromatic heterocycles. The molecule has 4 aromatic rings. The second kappa shape index (κ2) is 11.4. The van der Waals surface area contributed by atoms with Gasteiger partial charge in [-0.05, 0) is 56.4 Å². The van der Waals surface area contributed by atoms with Crippen LogP contribution in [0.3, 0.4) is 0 Å². The van der Waals surface area contributed by atoms with Crippen LogP contribution in [0.15, 0.2) is 55.0 Å². The summed E-state index contributed by atoms with van der Waals surface area (Å²) in [6, 6.07) is 9.52. The lowest BCUT2D eigenvalue weighted by Crippen LogP contribution is -2.36. The van der Waals surface area contributed by atoms with E-state index < -0.39 is 0 Å². The quantitative estimate of drug-likeness (QED) is 0.291. The molecule has 0 fully saturated rings. The van der Waals surface area contributed by atoms with Crippen molar-refractivity contribution in [2.45, 2.75) is 26.3 Å². The van der Waals surface area contributed by atoms with Crippen LogP contribution in [0.1, 0.15) is 28.8 Å². The van der Waals surface area contributed by atoms with Gasteiger partial charge in [0.2, 0.25) is 11.8 Å². The molecular formula is C29H32N6O3S. The number of anilines is 2. The molecule has 1 atom stereocenters. The SMILES string of the molecule is COc1ccc(Oc2ccc(Nc3ncnc4sc5c(c34)[C@@H](C)CN(C(=O)/C=C/CN(C)C)C5)cc2C)cn1. The fourth-order valence-corrected chi connectivity index (χ4v) is 5.96. The number of ether oxygens (including phenoxy) is 2. The van der Waals surface area contributed by atoms with E-state index in [0.717, 1.165) is 44.5 Å². The number of nitrogens with zero attached hydrogens (tertiary/aromatic N) is 5. The Labute approximate surface area is 232 Å². The molecule has 0 radical (unpaired) electrons. The maximum absolute atomic E-state index is 12.8. The molecule has 10 heteroatoms. The number of carbonyl (C=O) groups is 1. The number of hydrogen-bond acceptors (Lipinski definition) is 9. The van der Waals surface area contributed by atoms with Crippen LogP contribution in [0, 0.1) is 6.92 Å². The first-order valence-electron chi connectivity index (χ1n) is 12.7. The van der Waals surface area contributed by atoms with E-state index in [-0.39, 0.29) is 11.8 Å². The van der Waals surface area contributed by atoms with Crippen molar-refractivity contribution in [3.05, 3.63) is 71.0 Å². The number of hydrogen-bond donors (Lipinski definition) is 1. The van der Waals surface area contributed by atoms with Crippen molar-refractivity contribution in [2.24, 2.45) is 0 Å². The average Bonchev–Trinajstić information content (AvgIpc) is 3.30. The summed E-state index contributed by atoms with van der Waals surface area (Å²) >= 11 is 1.64. The van der Waals surface area contributed by atoms with Crippen molar-refractivity contribution in [3.8, 4) is 17.4 Å². The molecule has 0 spiro atoms. The van der Waals surface area contributed by atoms with E-state index in [4.69, 9.17) is 9.47 Å². The van der Waals surface area contributed by atoms with Crippen LogP contribution in [0.5, 0.6) is 17.4 Å². The van der Waals surface area contributed by atoms with Crippen LogP contribution in [-0.4, -0.2) is 65.0 Å². The van der Waals surface area contributed by atoms with Gasteiger partial charge in [-0.1, -0.05) is 13.0 Å². The van der Waals surface area contributed by atoms with Crippen LogP contribution in [0.25, 0.3) is 10.2 Å². The maximum atomic E-state index is 12.8. The van der Waals surface area contributed by atoms with E-state index in [9.17, 15) is 4.79 Å². The molecule has 0 unspecified atom stereocenters. The Morgan fingerprint density at radius 2 is 2.08 bits per heavy atom. The molecule has 5 rings (SSSR count). The zero-order chi connectivity index (χ0) is 27.5. The highest BCUT2D eigenvalue weighted by Crippen LogP contribution is 2.42. The third-order valence-electron chi connectivity index (χ3n) is 6.55. The first-order chi connectivity index (χ1) is 18.8. The number of nitrogens with one attached hydrogen (secondary N) is 1. The van der Waals surface area contributed by atoms with Crippen LogP contribution in [0.4, 0.5) is 11.5 Å². The highest BCUT2D eigenvalue weighted by Gasteiger charge is 2.30. The summed E-state index contributed by atoms with van der Waals surface area (Å²) in [6.45, 7) is 6.13. The lowest BCUT2D eigenvalue weighted by atomic mass is 9.94. The zero-order valence-corrected chi connectivity index (χ0v) is 23.6. The van der Waals surface area contributed by atoms with Crippen molar-refractivity contribution in [1.29, 1.82) is 0 Å². The normalized spacial score (nSPS) is 15.1. The molecule has 0 bridgehead atoms. The van der Waals surface area contributed by atoms with Crippen LogP contribution < -0.4 is 14.8 Å². The molecule has 1 N–H and O–H groups in total. The number of amides is 1. The van der Waals surface area contributed by atoms with Gasteiger partial charge in [0, 0.05) is 41.7 Å². The fraction of sp³-hybridized carbons (Fsp3) is 0.310. The van der Waals surface area contributed by atoms with Crippen LogP contribution >= 0.6 is 11.3 Å². The summed E-state index contributed by atoms with van der Waals surface area (Å²) in [7, 11) is 5.55. The van der Waals surface area contributed by atoms with Gasteiger partial charge < -0.3 is 24.6 Å². The fourth-order valence-electron chi connectivity index (χ4n) is 4.68. The average molecular weight is 545 g/mol. The molecule has 39 heavy (non-hydrogen) atoms. The standard InChI is InChI=1S/C29H32N6O3S/c1-18-13-20(8-10-22(18)38-21-9-11-24(37-5)30-14-21)33-28-27-26-19(2)15-35(25(36)7-6-12-34(3)4)16-23(26)39-29(27)32-17-31-28/h6-11,13-14,17,19H,12,15-16H2,1-5H3,(H,31,32,33)/b7-6+/t19-/m0/s1. The summed E-state index contributed by atoms with van der Waals surface area (Å²) in [5, 5.41) is 4.53. The monoisotopic (exact) mass is 544 g/mol. The zero-order valence-electron chi connectivity index (χ0n) is 22.8. The lowest BCUT2D eigenvalue weighted by Gasteiger charge is -2.30. The Bertz CT molecular complexity index is 1520. The minimum atomic E-state index is 0.0412. The molecule has 202 valence electrons. The minimum Gasteiger partial charge on any atom is -0.481 e. The molecular weight excluding hydrogens is 512 g/mol. The first kappa shape index (κ1) is 26.6. The molecule has 9 nitrogen and oxygen atoms in total. The minimum absolute atomic E-state index is 0.0412. The Morgan fingerprint density at radius 3 is 2.79 bits per heavy atom. The van der Waals surface area contributed by atoms with Crippen molar-refractivity contribution in [2.75, 3.05) is 39.6 Å². The van der Waals surface area contributed by atoms with Gasteiger partial charge in [-0.15, -0.1) is 11.3 Å². The van der Waals surface area contributed by atoms with E-state index >= 15 is 0 Å². The van der Waals surface area contributed by atoms with E-state index in [1.807, 2.05) is 61.2 Å². The van der Waals surface area contributed by atoms with Crippen LogP contribution in [0.2, 0.25) is 0 Å². The number of benzene rings is 1.